The summed E-state index contributed by atoms with van der Waals surface area (Å²) < 4.78 is 11.4. The molecule has 2 aromatic rings. The maximum atomic E-state index is 13.6. The molecule has 5 nitrogen and oxygen atoms in total. The molecule has 31 heavy (non-hydrogen) atoms. The first kappa shape index (κ1) is 21.7. The van der Waals surface area contributed by atoms with E-state index in [-0.39, 0.29) is 11.9 Å². The molecular formula is C26H34N2O3. The summed E-state index contributed by atoms with van der Waals surface area (Å²) in [4.78, 5) is 18.3. The highest BCUT2D eigenvalue weighted by Crippen LogP contribution is 2.39. The summed E-state index contributed by atoms with van der Waals surface area (Å²) in [6.07, 6.45) is 3.32. The Morgan fingerprint density at radius 1 is 1.00 bits per heavy atom. The highest BCUT2D eigenvalue weighted by molar-refractivity contribution is 5.88. The molecular weight excluding hydrogens is 388 g/mol. The molecule has 2 unspecified atom stereocenters. The van der Waals surface area contributed by atoms with Gasteiger partial charge >= 0.3 is 0 Å². The van der Waals surface area contributed by atoms with Crippen LogP contribution in [0.15, 0.2) is 30.3 Å². The minimum absolute atomic E-state index is 0.172. The number of hydrogen-bond acceptors (Lipinski definition) is 5. The monoisotopic (exact) mass is 422 g/mol. The van der Waals surface area contributed by atoms with Gasteiger partial charge in [-0.2, -0.15) is 0 Å². The average molecular weight is 423 g/mol. The van der Waals surface area contributed by atoms with Crippen LogP contribution in [0.2, 0.25) is 0 Å². The van der Waals surface area contributed by atoms with Crippen LogP contribution < -0.4 is 14.4 Å². The Morgan fingerprint density at radius 2 is 1.68 bits per heavy atom. The van der Waals surface area contributed by atoms with Gasteiger partial charge in [-0.25, -0.2) is 0 Å². The summed E-state index contributed by atoms with van der Waals surface area (Å²) >= 11 is 0. The second kappa shape index (κ2) is 8.91. The molecule has 0 aromatic heterocycles. The summed E-state index contributed by atoms with van der Waals surface area (Å²) in [7, 11) is 3.42. The van der Waals surface area contributed by atoms with Crippen molar-refractivity contribution in [3.8, 4) is 11.5 Å². The molecule has 166 valence electrons. The molecule has 2 aliphatic rings. The van der Waals surface area contributed by atoms with E-state index in [1.807, 2.05) is 6.07 Å². The first-order chi connectivity index (χ1) is 15.0. The number of anilines is 1. The second-order valence-corrected chi connectivity index (χ2v) is 8.78. The van der Waals surface area contributed by atoms with E-state index in [2.05, 4.69) is 54.8 Å². The highest BCUT2D eigenvalue weighted by atomic mass is 16.5. The van der Waals surface area contributed by atoms with Crippen LogP contribution in [0, 0.1) is 20.8 Å². The van der Waals surface area contributed by atoms with Crippen molar-refractivity contribution in [2.24, 2.45) is 0 Å². The fourth-order valence-electron chi connectivity index (χ4n) is 5.52. The van der Waals surface area contributed by atoms with Gasteiger partial charge in [0.2, 0.25) is 0 Å². The number of methoxy groups -OCH3 is 2. The number of ketones is 1. The Hall–Kier alpha value is -2.53. The van der Waals surface area contributed by atoms with Crippen LogP contribution in [0.3, 0.4) is 0 Å². The third-order valence-electron chi connectivity index (χ3n) is 7.16. The van der Waals surface area contributed by atoms with E-state index in [1.54, 1.807) is 14.2 Å². The third kappa shape index (κ3) is 3.80. The van der Waals surface area contributed by atoms with Crippen LogP contribution in [0.1, 0.15) is 41.5 Å². The summed E-state index contributed by atoms with van der Waals surface area (Å²) in [6, 6.07) is 10.8. The van der Waals surface area contributed by atoms with Crippen molar-refractivity contribution in [2.75, 3.05) is 32.2 Å². The predicted octanol–water partition coefficient (Wildman–Crippen LogP) is 4.44. The lowest BCUT2D eigenvalue weighted by Crippen LogP contribution is -2.45. The smallest absolute Gasteiger partial charge is 0.170 e. The third-order valence-corrected chi connectivity index (χ3v) is 7.16. The number of para-hydroxylation sites is 1. The molecule has 0 amide bonds. The van der Waals surface area contributed by atoms with Crippen LogP contribution in [-0.4, -0.2) is 50.2 Å². The topological polar surface area (TPSA) is 42.0 Å². The quantitative estimate of drug-likeness (QED) is 0.660. The maximum absolute atomic E-state index is 13.6. The number of ether oxygens (including phenoxy) is 2. The maximum Gasteiger partial charge on any atom is 0.170 e. The largest absolute Gasteiger partial charge is 0.496 e. The van der Waals surface area contributed by atoms with E-state index in [4.69, 9.17) is 9.47 Å². The van der Waals surface area contributed by atoms with E-state index in [9.17, 15) is 4.79 Å². The Morgan fingerprint density at radius 3 is 2.35 bits per heavy atom. The number of nitrogens with zero attached hydrogens (tertiary/aromatic N) is 2. The number of hydrogen-bond donors (Lipinski definition) is 0. The molecule has 2 atom stereocenters. The zero-order valence-corrected chi connectivity index (χ0v) is 19.4. The van der Waals surface area contributed by atoms with Crippen molar-refractivity contribution in [3.05, 3.63) is 52.6 Å². The number of rotatable bonds is 7. The predicted molar refractivity (Wildman–Crippen MR) is 124 cm³/mol. The zero-order chi connectivity index (χ0) is 22.1. The average Bonchev–Trinajstić information content (AvgIpc) is 3.37. The van der Waals surface area contributed by atoms with Crippen molar-refractivity contribution in [2.45, 2.75) is 58.7 Å². The Balaban J connectivity index is 1.60. The molecule has 2 heterocycles. The lowest BCUT2D eigenvalue weighted by molar-refractivity contribution is -0.123. The van der Waals surface area contributed by atoms with Gasteiger partial charge in [-0.1, -0.05) is 18.2 Å². The van der Waals surface area contributed by atoms with Crippen molar-refractivity contribution in [3.63, 3.8) is 0 Å². The van der Waals surface area contributed by atoms with Crippen LogP contribution >= 0.6 is 0 Å². The molecule has 0 bridgehead atoms. The lowest BCUT2D eigenvalue weighted by atomic mass is 9.93. The highest BCUT2D eigenvalue weighted by Gasteiger charge is 2.45. The van der Waals surface area contributed by atoms with Gasteiger partial charge < -0.3 is 14.4 Å². The van der Waals surface area contributed by atoms with E-state index < -0.39 is 0 Å². The molecule has 2 aromatic carbocycles. The molecule has 4 rings (SSSR count). The first-order valence-corrected chi connectivity index (χ1v) is 11.3. The van der Waals surface area contributed by atoms with Crippen molar-refractivity contribution < 1.29 is 14.3 Å². The van der Waals surface area contributed by atoms with Crippen LogP contribution in [0.4, 0.5) is 5.69 Å². The van der Waals surface area contributed by atoms with Crippen molar-refractivity contribution in [1.29, 1.82) is 0 Å². The van der Waals surface area contributed by atoms with E-state index >= 15 is 0 Å². The minimum Gasteiger partial charge on any atom is -0.496 e. The van der Waals surface area contributed by atoms with Gasteiger partial charge in [-0.15, -0.1) is 0 Å². The summed E-state index contributed by atoms with van der Waals surface area (Å²) in [5.41, 5.74) is 5.46. The van der Waals surface area contributed by atoms with E-state index in [0.717, 1.165) is 52.5 Å². The van der Waals surface area contributed by atoms with Gasteiger partial charge in [0.05, 0.1) is 14.2 Å². The number of fused-ring (bicyclic) bond motifs is 1. The molecule has 5 heteroatoms. The molecule has 2 saturated heterocycles. The zero-order valence-electron chi connectivity index (χ0n) is 19.4. The number of benzene rings is 2. The van der Waals surface area contributed by atoms with Crippen LogP contribution in [-0.2, 0) is 11.2 Å². The van der Waals surface area contributed by atoms with Gasteiger partial charge in [0.1, 0.15) is 17.7 Å². The SMILES string of the molecule is COc1c(C)c(C)c(OC)c(CCC(=O)C2N(c3ccccc3)CC3CCCN32)c1C. The Kier molecular flexibility index (Phi) is 6.24. The first-order valence-electron chi connectivity index (χ1n) is 11.3. The summed E-state index contributed by atoms with van der Waals surface area (Å²) in [5.74, 6) is 2.06. The number of carbonyl (C=O) groups excluding carboxylic acids is 1. The van der Waals surface area contributed by atoms with Crippen LogP contribution in [0.5, 0.6) is 11.5 Å². The fraction of sp³-hybridized carbons (Fsp3) is 0.500. The Bertz CT molecular complexity index is 957. The molecule has 0 aliphatic carbocycles. The summed E-state index contributed by atoms with van der Waals surface area (Å²) in [5, 5.41) is 0. The fourth-order valence-corrected chi connectivity index (χ4v) is 5.52. The summed E-state index contributed by atoms with van der Waals surface area (Å²) in [6.45, 7) is 8.12. The molecule has 0 saturated carbocycles. The lowest BCUT2D eigenvalue weighted by Gasteiger charge is -2.30. The van der Waals surface area contributed by atoms with Crippen LogP contribution in [0.25, 0.3) is 0 Å². The molecule has 0 radical (unpaired) electrons. The Labute approximate surface area is 185 Å². The number of Topliss-reactive ketones (excluding diaryl/α,β-unsaturated/α-hetero) is 1. The number of carbonyl (C=O) groups is 1. The normalized spacial score (nSPS) is 20.7. The molecule has 2 aliphatic heterocycles. The van der Waals surface area contributed by atoms with Gasteiger partial charge in [-0.05, 0) is 68.9 Å². The van der Waals surface area contributed by atoms with Gasteiger partial charge in [0.15, 0.2) is 5.78 Å². The second-order valence-electron chi connectivity index (χ2n) is 8.78. The standard InChI is InChI=1S/C26H34N2O3/c1-17-18(2)25(31-5)22(19(3)24(17)30-4)13-14-23(29)26-27-15-9-12-21(27)16-28(26)20-10-7-6-8-11-20/h6-8,10-11,21,26H,9,12-16H2,1-5H3. The molecule has 2 fully saturated rings. The van der Waals surface area contributed by atoms with Gasteiger partial charge in [-0.3, -0.25) is 9.69 Å². The van der Waals surface area contributed by atoms with Gasteiger partial charge in [0.25, 0.3) is 0 Å². The molecule has 0 spiro atoms. The molecule has 0 N–H and O–H groups in total. The minimum atomic E-state index is -0.172. The van der Waals surface area contributed by atoms with Crippen molar-refractivity contribution >= 4 is 11.5 Å². The van der Waals surface area contributed by atoms with E-state index in [0.29, 0.717) is 18.9 Å². The van der Waals surface area contributed by atoms with E-state index in [1.165, 1.54) is 12.8 Å². The van der Waals surface area contributed by atoms with Gasteiger partial charge in [0, 0.05) is 36.8 Å². The van der Waals surface area contributed by atoms with Crippen molar-refractivity contribution in [1.82, 2.24) is 4.90 Å².